The van der Waals surface area contributed by atoms with E-state index in [9.17, 15) is 4.39 Å². The van der Waals surface area contributed by atoms with E-state index >= 15 is 0 Å². The molecule has 2 rings (SSSR count). The van der Waals surface area contributed by atoms with Gasteiger partial charge in [0.05, 0.1) is 0 Å². The van der Waals surface area contributed by atoms with Gasteiger partial charge in [0, 0.05) is 0 Å². The average Bonchev–Trinajstić information content (AvgIpc) is 2.69. The molecule has 0 saturated carbocycles. The van der Waals surface area contributed by atoms with Crippen LogP contribution >= 0.6 is 0 Å². The second-order valence-electron chi connectivity index (χ2n) is 3.31. The first-order chi connectivity index (χ1) is 6.77. The predicted octanol–water partition coefficient (Wildman–Crippen LogP) is 3.73. The molecule has 0 atom stereocenters. The van der Waals surface area contributed by atoms with Gasteiger partial charge in [-0.1, -0.05) is 36.4 Å². The van der Waals surface area contributed by atoms with Crippen molar-refractivity contribution in [3.05, 3.63) is 65.5 Å². The molecule has 0 aliphatic heterocycles. The van der Waals surface area contributed by atoms with E-state index in [1.165, 1.54) is 6.07 Å². The number of hydrogen-bond acceptors (Lipinski definition) is 0. The lowest BCUT2D eigenvalue weighted by Crippen LogP contribution is -1.84. The van der Waals surface area contributed by atoms with Crippen LogP contribution in [0.2, 0.25) is 0 Å². The van der Waals surface area contributed by atoms with Crippen molar-refractivity contribution in [3.63, 3.8) is 0 Å². The molecule has 14 heavy (non-hydrogen) atoms. The summed E-state index contributed by atoms with van der Waals surface area (Å²) in [6, 6.07) is 6.67. The first-order valence-corrected chi connectivity index (χ1v) is 4.59. The van der Waals surface area contributed by atoms with Gasteiger partial charge in [-0.05, 0) is 35.8 Å². The van der Waals surface area contributed by atoms with Gasteiger partial charge in [-0.25, -0.2) is 4.39 Å². The summed E-state index contributed by atoms with van der Waals surface area (Å²) in [5.74, 6) is -0.187. The molecule has 0 spiro atoms. The van der Waals surface area contributed by atoms with Crippen molar-refractivity contribution >= 4 is 5.57 Å². The largest absolute Gasteiger partial charge is 0.207 e. The number of allylic oxidation sites excluding steroid dienone is 6. The van der Waals surface area contributed by atoms with Crippen LogP contribution in [0.15, 0.2) is 54.1 Å². The van der Waals surface area contributed by atoms with Crippen LogP contribution in [0.4, 0.5) is 4.39 Å². The van der Waals surface area contributed by atoms with Crippen molar-refractivity contribution in [1.82, 2.24) is 0 Å². The minimum atomic E-state index is -0.187. The minimum absolute atomic E-state index is 0.187. The molecule has 0 heterocycles. The number of hydrogen-bond donors (Lipinski definition) is 0. The second-order valence-corrected chi connectivity index (χ2v) is 3.31. The average molecular weight is 186 g/mol. The predicted molar refractivity (Wildman–Crippen MR) is 57.3 cm³/mol. The van der Waals surface area contributed by atoms with Gasteiger partial charge in [-0.2, -0.15) is 0 Å². The van der Waals surface area contributed by atoms with Crippen LogP contribution < -0.4 is 0 Å². The van der Waals surface area contributed by atoms with E-state index in [4.69, 9.17) is 0 Å². The molecule has 0 N–H and O–H groups in total. The Balaban J connectivity index is 2.45. The highest BCUT2D eigenvalue weighted by atomic mass is 19.1. The van der Waals surface area contributed by atoms with Crippen molar-refractivity contribution in [2.75, 3.05) is 0 Å². The summed E-state index contributed by atoms with van der Waals surface area (Å²) in [6.07, 6.45) is 8.02. The zero-order valence-electron chi connectivity index (χ0n) is 8.00. The highest BCUT2D eigenvalue weighted by Gasteiger charge is 2.02. The van der Waals surface area contributed by atoms with Crippen molar-refractivity contribution in [2.45, 2.75) is 6.92 Å². The monoisotopic (exact) mass is 186 g/mol. The van der Waals surface area contributed by atoms with Gasteiger partial charge in [0.25, 0.3) is 0 Å². The SMILES string of the molecule is CC(=C1C=CC=C1)c1cccc(F)c1. The van der Waals surface area contributed by atoms with Gasteiger partial charge >= 0.3 is 0 Å². The van der Waals surface area contributed by atoms with Gasteiger partial charge in [0.2, 0.25) is 0 Å². The van der Waals surface area contributed by atoms with E-state index in [1.54, 1.807) is 12.1 Å². The van der Waals surface area contributed by atoms with Gasteiger partial charge in [-0.15, -0.1) is 0 Å². The molecule has 70 valence electrons. The van der Waals surface area contributed by atoms with Crippen molar-refractivity contribution in [2.24, 2.45) is 0 Å². The topological polar surface area (TPSA) is 0 Å². The summed E-state index contributed by atoms with van der Waals surface area (Å²) in [7, 11) is 0. The van der Waals surface area contributed by atoms with E-state index in [2.05, 4.69) is 0 Å². The summed E-state index contributed by atoms with van der Waals surface area (Å²) >= 11 is 0. The number of benzene rings is 1. The van der Waals surface area contributed by atoms with Crippen molar-refractivity contribution in [1.29, 1.82) is 0 Å². The Morgan fingerprint density at radius 1 is 1.14 bits per heavy atom. The van der Waals surface area contributed by atoms with Crippen molar-refractivity contribution in [3.8, 4) is 0 Å². The molecule has 0 amide bonds. The van der Waals surface area contributed by atoms with E-state index in [-0.39, 0.29) is 5.82 Å². The van der Waals surface area contributed by atoms with E-state index in [0.29, 0.717) is 0 Å². The lowest BCUT2D eigenvalue weighted by atomic mass is 10.0. The highest BCUT2D eigenvalue weighted by molar-refractivity contribution is 5.73. The Bertz CT molecular complexity index is 422. The number of halogens is 1. The molecule has 0 aromatic heterocycles. The highest BCUT2D eigenvalue weighted by Crippen LogP contribution is 2.22. The van der Waals surface area contributed by atoms with E-state index < -0.39 is 0 Å². The molecular weight excluding hydrogens is 175 g/mol. The van der Waals surface area contributed by atoms with Gasteiger partial charge in [0.15, 0.2) is 0 Å². The summed E-state index contributed by atoms with van der Waals surface area (Å²) in [6.45, 7) is 2.00. The quantitative estimate of drug-likeness (QED) is 0.627. The standard InChI is InChI=1S/C13H11F/c1-10(11-5-2-3-6-11)12-7-4-8-13(14)9-12/h2-9H,1H3. The fraction of sp³-hybridized carbons (Fsp3) is 0.0769. The molecule has 0 nitrogen and oxygen atoms in total. The van der Waals surface area contributed by atoms with Crippen LogP contribution in [-0.2, 0) is 0 Å². The van der Waals surface area contributed by atoms with E-state index in [0.717, 1.165) is 16.7 Å². The Morgan fingerprint density at radius 3 is 2.50 bits per heavy atom. The maximum Gasteiger partial charge on any atom is 0.123 e. The first-order valence-electron chi connectivity index (χ1n) is 4.59. The fourth-order valence-corrected chi connectivity index (χ4v) is 1.51. The summed E-state index contributed by atoms with van der Waals surface area (Å²) in [5.41, 5.74) is 3.20. The van der Waals surface area contributed by atoms with Crippen molar-refractivity contribution < 1.29 is 4.39 Å². The minimum Gasteiger partial charge on any atom is -0.207 e. The normalized spacial score (nSPS) is 13.7. The summed E-state index contributed by atoms with van der Waals surface area (Å²) in [5, 5.41) is 0. The van der Waals surface area contributed by atoms with Crippen LogP contribution in [0.25, 0.3) is 5.57 Å². The first kappa shape index (κ1) is 8.95. The Morgan fingerprint density at radius 2 is 1.86 bits per heavy atom. The second kappa shape index (κ2) is 3.62. The lowest BCUT2D eigenvalue weighted by Gasteiger charge is -2.03. The third kappa shape index (κ3) is 1.67. The maximum absolute atomic E-state index is 13.0. The molecule has 0 unspecified atom stereocenters. The molecule has 0 bridgehead atoms. The molecule has 0 radical (unpaired) electrons. The number of rotatable bonds is 1. The summed E-state index contributed by atoms with van der Waals surface area (Å²) in [4.78, 5) is 0. The molecule has 1 aliphatic rings. The lowest BCUT2D eigenvalue weighted by molar-refractivity contribution is 0.627. The van der Waals surface area contributed by atoms with Gasteiger partial charge < -0.3 is 0 Å². The molecule has 1 heteroatoms. The fourth-order valence-electron chi connectivity index (χ4n) is 1.51. The summed E-state index contributed by atoms with van der Waals surface area (Å²) < 4.78 is 13.0. The maximum atomic E-state index is 13.0. The van der Waals surface area contributed by atoms with Crippen LogP contribution in [0, 0.1) is 5.82 Å². The molecule has 1 aromatic rings. The third-order valence-electron chi connectivity index (χ3n) is 2.35. The van der Waals surface area contributed by atoms with Crippen LogP contribution in [0.1, 0.15) is 12.5 Å². The van der Waals surface area contributed by atoms with Gasteiger partial charge in [0.1, 0.15) is 5.82 Å². The molecule has 0 saturated heterocycles. The molecular formula is C13H11F. The Kier molecular flexibility index (Phi) is 2.32. The van der Waals surface area contributed by atoms with Gasteiger partial charge in [-0.3, -0.25) is 0 Å². The van der Waals surface area contributed by atoms with Crippen LogP contribution in [0.3, 0.4) is 0 Å². The molecule has 1 aliphatic carbocycles. The molecule has 1 aromatic carbocycles. The smallest absolute Gasteiger partial charge is 0.123 e. The Labute approximate surface area is 83.1 Å². The van der Waals surface area contributed by atoms with Crippen LogP contribution in [0.5, 0.6) is 0 Å². The third-order valence-corrected chi connectivity index (χ3v) is 2.35. The molecule has 0 fully saturated rings. The van der Waals surface area contributed by atoms with E-state index in [1.807, 2.05) is 37.3 Å². The zero-order chi connectivity index (χ0) is 9.97. The zero-order valence-corrected chi connectivity index (χ0v) is 8.00. The Hall–Kier alpha value is -1.63. The van der Waals surface area contributed by atoms with Crippen LogP contribution in [-0.4, -0.2) is 0 Å².